The van der Waals surface area contributed by atoms with Crippen LogP contribution >= 0.6 is 0 Å². The van der Waals surface area contributed by atoms with Crippen molar-refractivity contribution >= 4 is 23.3 Å². The van der Waals surface area contributed by atoms with Crippen LogP contribution in [-0.4, -0.2) is 31.1 Å². The lowest BCUT2D eigenvalue weighted by atomic mass is 10.0. The average molecular weight is 383 g/mol. The third-order valence-corrected chi connectivity index (χ3v) is 4.81. The van der Waals surface area contributed by atoms with E-state index < -0.39 is 12.1 Å². The van der Waals surface area contributed by atoms with Gasteiger partial charge in [-0.15, -0.1) is 0 Å². The molecule has 0 radical (unpaired) electrons. The maximum atomic E-state index is 12.5. The Labute approximate surface area is 167 Å². The molecule has 1 N–H and O–H groups in total. The van der Waals surface area contributed by atoms with E-state index in [2.05, 4.69) is 24.1 Å². The Balaban J connectivity index is 2.03. The molecule has 2 aromatic carbocycles. The Morgan fingerprint density at radius 3 is 2.04 bits per heavy atom. The molecule has 0 aliphatic rings. The normalized spacial score (nSPS) is 11.6. The monoisotopic (exact) mass is 382 g/mol. The van der Waals surface area contributed by atoms with Crippen molar-refractivity contribution in [3.63, 3.8) is 0 Å². The van der Waals surface area contributed by atoms with Gasteiger partial charge in [0.15, 0.2) is 6.10 Å². The Bertz CT molecular complexity index is 816. The van der Waals surface area contributed by atoms with Crippen LogP contribution in [0.2, 0.25) is 0 Å². The summed E-state index contributed by atoms with van der Waals surface area (Å²) in [4.78, 5) is 27.1. The largest absolute Gasteiger partial charge is 0.449 e. The predicted octanol–water partition coefficient (Wildman–Crippen LogP) is 4.64. The number of hydrogen-bond donors (Lipinski definition) is 1. The second kappa shape index (κ2) is 9.40. The number of aryl methyl sites for hydroxylation is 3. The second-order valence-electron chi connectivity index (χ2n) is 7.03. The van der Waals surface area contributed by atoms with Crippen molar-refractivity contribution < 1.29 is 14.3 Å². The van der Waals surface area contributed by atoms with Gasteiger partial charge in [0.05, 0.1) is 5.56 Å². The molecule has 5 heteroatoms. The van der Waals surface area contributed by atoms with Crippen molar-refractivity contribution in [2.45, 2.75) is 47.6 Å². The lowest BCUT2D eigenvalue weighted by Gasteiger charge is -2.21. The summed E-state index contributed by atoms with van der Waals surface area (Å²) in [6.45, 7) is 13.5. The molecule has 1 amide bonds. The van der Waals surface area contributed by atoms with Gasteiger partial charge in [-0.05, 0) is 76.9 Å². The Kier molecular flexibility index (Phi) is 7.21. The third kappa shape index (κ3) is 5.12. The van der Waals surface area contributed by atoms with Crippen LogP contribution in [0.15, 0.2) is 36.4 Å². The highest BCUT2D eigenvalue weighted by Crippen LogP contribution is 2.22. The zero-order valence-corrected chi connectivity index (χ0v) is 17.6. The van der Waals surface area contributed by atoms with Crippen LogP contribution in [0.5, 0.6) is 0 Å². The van der Waals surface area contributed by atoms with Crippen molar-refractivity contribution in [1.29, 1.82) is 0 Å². The van der Waals surface area contributed by atoms with Gasteiger partial charge < -0.3 is 15.0 Å². The first-order valence-electron chi connectivity index (χ1n) is 9.71. The molecule has 0 fully saturated rings. The van der Waals surface area contributed by atoms with Gasteiger partial charge in [0.2, 0.25) is 0 Å². The average Bonchev–Trinajstić information content (AvgIpc) is 2.65. The highest BCUT2D eigenvalue weighted by atomic mass is 16.5. The molecule has 2 aromatic rings. The summed E-state index contributed by atoms with van der Waals surface area (Å²) in [5.74, 6) is -0.853. The number of carbonyl (C=O) groups is 2. The fourth-order valence-corrected chi connectivity index (χ4v) is 3.28. The van der Waals surface area contributed by atoms with Gasteiger partial charge in [-0.1, -0.05) is 17.7 Å². The van der Waals surface area contributed by atoms with E-state index in [1.165, 1.54) is 0 Å². The van der Waals surface area contributed by atoms with Gasteiger partial charge in [-0.3, -0.25) is 4.79 Å². The first-order chi connectivity index (χ1) is 13.3. The van der Waals surface area contributed by atoms with Crippen molar-refractivity contribution in [1.82, 2.24) is 0 Å². The first kappa shape index (κ1) is 21.5. The number of anilines is 2. The quantitative estimate of drug-likeness (QED) is 0.709. The maximum absolute atomic E-state index is 12.5. The molecule has 0 spiro atoms. The zero-order valence-electron chi connectivity index (χ0n) is 17.6. The summed E-state index contributed by atoms with van der Waals surface area (Å²) < 4.78 is 5.36. The minimum atomic E-state index is -0.893. The highest BCUT2D eigenvalue weighted by Gasteiger charge is 2.20. The van der Waals surface area contributed by atoms with E-state index in [0.717, 1.165) is 41.2 Å². The van der Waals surface area contributed by atoms with Crippen LogP contribution in [0.4, 0.5) is 11.4 Å². The minimum Gasteiger partial charge on any atom is -0.449 e. The van der Waals surface area contributed by atoms with Crippen molar-refractivity contribution in [3.8, 4) is 0 Å². The summed E-state index contributed by atoms with van der Waals surface area (Å²) >= 11 is 0. The van der Waals surface area contributed by atoms with E-state index in [0.29, 0.717) is 5.56 Å². The number of nitrogens with one attached hydrogen (secondary N) is 1. The number of ether oxygens (including phenoxy) is 1. The van der Waals surface area contributed by atoms with Gasteiger partial charge in [0.1, 0.15) is 0 Å². The minimum absolute atomic E-state index is 0.344. The lowest BCUT2D eigenvalue weighted by molar-refractivity contribution is -0.123. The number of rotatable bonds is 7. The topological polar surface area (TPSA) is 58.6 Å². The van der Waals surface area contributed by atoms with E-state index in [4.69, 9.17) is 4.74 Å². The van der Waals surface area contributed by atoms with E-state index in [1.54, 1.807) is 19.1 Å². The van der Waals surface area contributed by atoms with Crippen LogP contribution in [0.3, 0.4) is 0 Å². The summed E-state index contributed by atoms with van der Waals surface area (Å²) in [6.07, 6.45) is -0.893. The van der Waals surface area contributed by atoms with Gasteiger partial charge >= 0.3 is 5.97 Å². The number of amides is 1. The number of esters is 1. The molecular weight excluding hydrogens is 352 g/mol. The van der Waals surface area contributed by atoms with Gasteiger partial charge in [0, 0.05) is 24.5 Å². The molecule has 0 unspecified atom stereocenters. The molecule has 28 heavy (non-hydrogen) atoms. The maximum Gasteiger partial charge on any atom is 0.338 e. The highest BCUT2D eigenvalue weighted by molar-refractivity contribution is 5.98. The van der Waals surface area contributed by atoms with E-state index in [-0.39, 0.29) is 5.91 Å². The van der Waals surface area contributed by atoms with Crippen LogP contribution in [0.25, 0.3) is 0 Å². The molecule has 150 valence electrons. The molecule has 2 rings (SSSR count). The lowest BCUT2D eigenvalue weighted by Crippen LogP contribution is -2.30. The molecule has 0 saturated carbocycles. The fraction of sp³-hybridized carbons (Fsp3) is 0.391. The molecule has 1 atom stereocenters. The van der Waals surface area contributed by atoms with Gasteiger partial charge in [0.25, 0.3) is 5.91 Å². The molecule has 0 heterocycles. The van der Waals surface area contributed by atoms with E-state index in [1.807, 2.05) is 45.0 Å². The zero-order chi connectivity index (χ0) is 20.8. The first-order valence-corrected chi connectivity index (χ1v) is 9.71. The smallest absolute Gasteiger partial charge is 0.338 e. The molecule has 5 nitrogen and oxygen atoms in total. The van der Waals surface area contributed by atoms with Crippen molar-refractivity contribution in [3.05, 3.63) is 58.7 Å². The van der Waals surface area contributed by atoms with Crippen LogP contribution in [0, 0.1) is 20.8 Å². The number of benzene rings is 2. The molecule has 0 saturated heterocycles. The standard InChI is InChI=1S/C23H30N2O3/c1-7-25(8-2)20-11-9-19(10-12-20)23(27)28-18(6)22(26)24-21-16(4)13-15(3)14-17(21)5/h9-14,18H,7-8H2,1-6H3,(H,24,26)/t18-/m1/s1. The number of nitrogens with zero attached hydrogens (tertiary/aromatic N) is 1. The van der Waals surface area contributed by atoms with Crippen LogP contribution < -0.4 is 10.2 Å². The number of carbonyl (C=O) groups excluding carboxylic acids is 2. The van der Waals surface area contributed by atoms with Crippen LogP contribution in [-0.2, 0) is 9.53 Å². The fourth-order valence-electron chi connectivity index (χ4n) is 3.28. The van der Waals surface area contributed by atoms with Crippen molar-refractivity contribution in [2.24, 2.45) is 0 Å². The molecule has 0 aliphatic carbocycles. The van der Waals surface area contributed by atoms with E-state index >= 15 is 0 Å². The van der Waals surface area contributed by atoms with Gasteiger partial charge in [-0.2, -0.15) is 0 Å². The summed E-state index contributed by atoms with van der Waals surface area (Å²) in [5.41, 5.74) is 5.35. The van der Waals surface area contributed by atoms with Crippen molar-refractivity contribution in [2.75, 3.05) is 23.3 Å². The van der Waals surface area contributed by atoms with Crippen LogP contribution in [0.1, 0.15) is 47.8 Å². The van der Waals surface area contributed by atoms with E-state index in [9.17, 15) is 9.59 Å². The summed E-state index contributed by atoms with van der Waals surface area (Å²) in [6, 6.07) is 11.3. The SMILES string of the molecule is CCN(CC)c1ccc(C(=O)O[C@H](C)C(=O)Nc2c(C)cc(C)cc2C)cc1. The second-order valence-corrected chi connectivity index (χ2v) is 7.03. The Morgan fingerprint density at radius 2 is 1.54 bits per heavy atom. The number of hydrogen-bond acceptors (Lipinski definition) is 4. The third-order valence-electron chi connectivity index (χ3n) is 4.81. The summed E-state index contributed by atoms with van der Waals surface area (Å²) in [7, 11) is 0. The predicted molar refractivity (Wildman–Crippen MR) is 114 cm³/mol. The summed E-state index contributed by atoms with van der Waals surface area (Å²) in [5, 5.41) is 2.88. The molecule has 0 aliphatic heterocycles. The molecular formula is C23H30N2O3. The molecule has 0 bridgehead atoms. The Hall–Kier alpha value is -2.82. The Morgan fingerprint density at radius 1 is 1.00 bits per heavy atom. The van der Waals surface area contributed by atoms with Gasteiger partial charge in [-0.25, -0.2) is 4.79 Å². The molecule has 0 aromatic heterocycles.